The fraction of sp³-hybridized carbons (Fsp3) is 0.957. The van der Waals surface area contributed by atoms with Crippen molar-refractivity contribution in [3.63, 3.8) is 0 Å². The number of unbranched alkanes of at least 4 members (excludes halogenated alkanes) is 2. The molecule has 1 rings (SSSR count). The highest BCUT2D eigenvalue weighted by Gasteiger charge is 2.25. The zero-order valence-corrected chi connectivity index (χ0v) is 21.6. The lowest BCUT2D eigenvalue weighted by molar-refractivity contribution is -0.193. The zero-order valence-electron chi connectivity index (χ0n) is 21.6. The van der Waals surface area contributed by atoms with Gasteiger partial charge in [0, 0.05) is 31.6 Å². The van der Waals surface area contributed by atoms with E-state index in [0.29, 0.717) is 51.5 Å². The van der Waals surface area contributed by atoms with Crippen LogP contribution in [-0.4, -0.2) is 89.7 Å². The molecule has 0 aliphatic carbocycles. The number of rotatable bonds is 23. The summed E-state index contributed by atoms with van der Waals surface area (Å²) < 4.78 is 31.7. The zero-order chi connectivity index (χ0) is 24.9. The molecule has 1 fully saturated rings. The molecule has 11 nitrogen and oxygen atoms in total. The lowest BCUT2D eigenvalue weighted by Gasteiger charge is -2.20. The van der Waals surface area contributed by atoms with Gasteiger partial charge >= 0.3 is 0 Å². The minimum atomic E-state index is 0.0725. The highest BCUT2D eigenvalue weighted by Crippen LogP contribution is 2.09. The van der Waals surface area contributed by atoms with Crippen molar-refractivity contribution in [3.05, 3.63) is 0 Å². The Balaban J connectivity index is 1.71. The molecule has 0 saturated carbocycles. The minimum absolute atomic E-state index is 0.0725. The van der Waals surface area contributed by atoms with E-state index in [-0.39, 0.29) is 33.1 Å². The molecule has 0 aromatic carbocycles. The molecule has 2 atom stereocenters. The first-order valence-corrected chi connectivity index (χ1v) is 12.5. The van der Waals surface area contributed by atoms with Crippen LogP contribution in [0.5, 0.6) is 0 Å². The summed E-state index contributed by atoms with van der Waals surface area (Å²) in [6.45, 7) is 12.3. The predicted octanol–water partition coefficient (Wildman–Crippen LogP) is 1.74. The first-order valence-electron chi connectivity index (χ1n) is 12.5. The lowest BCUT2D eigenvalue weighted by Crippen LogP contribution is -2.41. The van der Waals surface area contributed by atoms with E-state index in [1.54, 1.807) is 0 Å². The number of carbonyl (C=O) groups excluding carboxylic acids is 1. The van der Waals surface area contributed by atoms with Gasteiger partial charge in [0.05, 0.1) is 26.4 Å². The molecule has 0 spiro atoms. The molecule has 1 heterocycles. The van der Waals surface area contributed by atoms with Gasteiger partial charge in [0.25, 0.3) is 0 Å². The molecule has 0 aromatic heterocycles. The summed E-state index contributed by atoms with van der Waals surface area (Å²) in [5.41, 5.74) is 6.27. The van der Waals surface area contributed by atoms with Gasteiger partial charge in [0.2, 0.25) is 5.91 Å². The normalized spacial score (nSPS) is 18.7. The van der Waals surface area contributed by atoms with Gasteiger partial charge in [-0.15, -0.1) is 0 Å². The van der Waals surface area contributed by atoms with Crippen LogP contribution in [-0.2, 0) is 33.2 Å². The van der Waals surface area contributed by atoms with Crippen molar-refractivity contribution >= 4 is 5.91 Å². The van der Waals surface area contributed by atoms with Crippen molar-refractivity contribution in [2.45, 2.75) is 71.9 Å². The van der Waals surface area contributed by atoms with Crippen molar-refractivity contribution < 1.29 is 33.2 Å². The number of ether oxygens (including phenoxy) is 6. The fourth-order valence-electron chi connectivity index (χ4n) is 3.14. The van der Waals surface area contributed by atoms with Gasteiger partial charge in [0.1, 0.15) is 13.6 Å². The first-order chi connectivity index (χ1) is 16.5. The van der Waals surface area contributed by atoms with Crippen molar-refractivity contribution in [2.24, 2.45) is 5.92 Å². The highest BCUT2D eigenvalue weighted by atomic mass is 16.8. The summed E-state index contributed by atoms with van der Waals surface area (Å²) in [6.07, 6.45) is 5.08. The number of amides is 1. The monoisotopic (exact) mass is 492 g/mol. The second-order valence-corrected chi connectivity index (χ2v) is 8.83. The van der Waals surface area contributed by atoms with Crippen LogP contribution >= 0.6 is 0 Å². The van der Waals surface area contributed by atoms with Crippen LogP contribution in [0.3, 0.4) is 0 Å². The Bertz CT molecular complexity index is 488. The third kappa shape index (κ3) is 17.5. The second kappa shape index (κ2) is 21.4. The van der Waals surface area contributed by atoms with Gasteiger partial charge in [-0.3, -0.25) is 4.79 Å². The maximum Gasteiger partial charge on any atom is 0.220 e. The SMILES string of the molecule is CC(C)CCCCCC(=O)NCCOCCOCOCOCOCOCCN1NNC(C)C1C. The van der Waals surface area contributed by atoms with E-state index in [2.05, 4.69) is 49.0 Å². The number of hydrazine groups is 2. The molecule has 1 aliphatic rings. The van der Waals surface area contributed by atoms with Crippen LogP contribution in [0.25, 0.3) is 0 Å². The summed E-state index contributed by atoms with van der Waals surface area (Å²) in [5.74, 6) is 0.828. The topological polar surface area (TPSA) is 112 Å². The van der Waals surface area contributed by atoms with E-state index < -0.39 is 0 Å². The summed E-state index contributed by atoms with van der Waals surface area (Å²) in [5, 5.41) is 4.96. The van der Waals surface area contributed by atoms with Crippen molar-refractivity contribution in [1.82, 2.24) is 21.3 Å². The molecule has 0 aromatic rings. The van der Waals surface area contributed by atoms with Crippen molar-refractivity contribution in [2.75, 3.05) is 66.7 Å². The van der Waals surface area contributed by atoms with E-state index in [0.717, 1.165) is 25.3 Å². The maximum absolute atomic E-state index is 11.7. The van der Waals surface area contributed by atoms with Gasteiger partial charge in [-0.25, -0.2) is 10.4 Å². The van der Waals surface area contributed by atoms with E-state index in [9.17, 15) is 4.79 Å². The second-order valence-electron chi connectivity index (χ2n) is 8.83. The summed E-state index contributed by atoms with van der Waals surface area (Å²) in [6, 6.07) is 0.810. The van der Waals surface area contributed by atoms with E-state index in [1.807, 2.05) is 0 Å². The quantitative estimate of drug-likeness (QED) is 0.144. The smallest absolute Gasteiger partial charge is 0.220 e. The van der Waals surface area contributed by atoms with E-state index in [1.165, 1.54) is 12.8 Å². The Morgan fingerprint density at radius 1 is 0.853 bits per heavy atom. The molecule has 0 bridgehead atoms. The average molecular weight is 493 g/mol. The molecule has 11 heteroatoms. The number of nitrogens with one attached hydrogen (secondary N) is 3. The molecule has 1 aliphatic heterocycles. The maximum atomic E-state index is 11.7. The van der Waals surface area contributed by atoms with E-state index in [4.69, 9.17) is 28.4 Å². The molecular weight excluding hydrogens is 444 g/mol. The molecule has 1 saturated heterocycles. The summed E-state index contributed by atoms with van der Waals surface area (Å²) in [4.78, 5) is 11.7. The van der Waals surface area contributed by atoms with Crippen molar-refractivity contribution in [1.29, 1.82) is 0 Å². The lowest BCUT2D eigenvalue weighted by atomic mass is 10.0. The fourth-order valence-corrected chi connectivity index (χ4v) is 3.14. The van der Waals surface area contributed by atoms with E-state index >= 15 is 0 Å². The average Bonchev–Trinajstić information content (AvgIpc) is 3.12. The van der Waals surface area contributed by atoms with Gasteiger partial charge < -0.3 is 33.7 Å². The van der Waals surface area contributed by atoms with Gasteiger partial charge in [0.15, 0.2) is 13.6 Å². The molecule has 1 amide bonds. The summed E-state index contributed by atoms with van der Waals surface area (Å²) >= 11 is 0. The Kier molecular flexibility index (Phi) is 19.6. The molecule has 2 unspecified atom stereocenters. The van der Waals surface area contributed by atoms with Crippen LogP contribution in [0.15, 0.2) is 0 Å². The van der Waals surface area contributed by atoms with Crippen molar-refractivity contribution in [3.8, 4) is 0 Å². The Morgan fingerprint density at radius 3 is 2.15 bits per heavy atom. The van der Waals surface area contributed by atoms with Crippen LogP contribution in [0.4, 0.5) is 0 Å². The third-order valence-corrected chi connectivity index (χ3v) is 5.42. The molecule has 3 N–H and O–H groups in total. The van der Waals surface area contributed by atoms with Crippen LogP contribution in [0.2, 0.25) is 0 Å². The molecule has 0 radical (unpaired) electrons. The largest absolute Gasteiger partial charge is 0.377 e. The Labute approximate surface area is 205 Å². The highest BCUT2D eigenvalue weighted by molar-refractivity contribution is 5.75. The van der Waals surface area contributed by atoms with Gasteiger partial charge in [-0.05, 0) is 26.2 Å². The Hall–Kier alpha value is -0.890. The number of carbonyl (C=O) groups is 1. The number of hydrogen-bond donors (Lipinski definition) is 3. The molecule has 202 valence electrons. The third-order valence-electron chi connectivity index (χ3n) is 5.42. The molecule has 34 heavy (non-hydrogen) atoms. The number of hydrogen-bond acceptors (Lipinski definition) is 10. The van der Waals surface area contributed by atoms with Crippen LogP contribution < -0.4 is 16.3 Å². The summed E-state index contributed by atoms with van der Waals surface area (Å²) in [7, 11) is 0. The molecular formula is C23H48N4O7. The van der Waals surface area contributed by atoms with Crippen LogP contribution in [0, 0.1) is 5.92 Å². The predicted molar refractivity (Wildman–Crippen MR) is 128 cm³/mol. The first kappa shape index (κ1) is 31.1. The standard InChI is InChI=1S/C23H48N4O7/c1-20(2)8-6-5-7-9-23(28)24-10-12-29-14-15-31-17-33-19-34-18-32-16-30-13-11-27-22(4)21(3)25-26-27/h20-22,25-26H,5-19H2,1-4H3,(H,24,28). The van der Waals surface area contributed by atoms with Gasteiger partial charge in [-0.1, -0.05) is 33.1 Å². The van der Waals surface area contributed by atoms with Crippen LogP contribution in [0.1, 0.15) is 59.8 Å². The van der Waals surface area contributed by atoms with Gasteiger partial charge in [-0.2, -0.15) is 5.53 Å². The number of nitrogens with zero attached hydrogens (tertiary/aromatic N) is 1. The minimum Gasteiger partial charge on any atom is -0.377 e. The Morgan fingerprint density at radius 2 is 1.50 bits per heavy atom.